The van der Waals surface area contributed by atoms with Crippen LogP contribution >= 0.6 is 0 Å². The molecule has 3 heterocycles. The molecule has 2 aromatic heterocycles. The number of nitrogens with zero attached hydrogens (tertiary/aromatic N) is 5. The van der Waals surface area contributed by atoms with Crippen molar-refractivity contribution in [2.45, 2.75) is 65.1 Å². The second-order valence-corrected chi connectivity index (χ2v) is 5.79. The second kappa shape index (κ2) is 5.93. The van der Waals surface area contributed by atoms with Crippen LogP contribution in [0.2, 0.25) is 0 Å². The minimum atomic E-state index is 0.270. The van der Waals surface area contributed by atoms with E-state index in [1.54, 1.807) is 0 Å². The van der Waals surface area contributed by atoms with Gasteiger partial charge in [0.25, 0.3) is 0 Å². The molecule has 0 fully saturated rings. The summed E-state index contributed by atoms with van der Waals surface area (Å²) in [7, 11) is 0. The molecule has 21 heavy (non-hydrogen) atoms. The molecule has 1 unspecified atom stereocenters. The van der Waals surface area contributed by atoms with Gasteiger partial charge in [-0.3, -0.25) is 0 Å². The molecule has 0 aromatic carbocycles. The Morgan fingerprint density at radius 1 is 1.38 bits per heavy atom. The number of hydrogen-bond acceptors (Lipinski definition) is 6. The van der Waals surface area contributed by atoms with Crippen LogP contribution < -0.4 is 5.32 Å². The van der Waals surface area contributed by atoms with E-state index in [0.717, 1.165) is 37.5 Å². The molecular formula is C14H22N6O. The van der Waals surface area contributed by atoms with Crippen molar-refractivity contribution in [3.63, 3.8) is 0 Å². The largest absolute Gasteiger partial charge is 0.424 e. The van der Waals surface area contributed by atoms with E-state index in [1.165, 1.54) is 0 Å². The molecule has 1 N–H and O–H groups in total. The summed E-state index contributed by atoms with van der Waals surface area (Å²) in [6, 6.07) is 0.373. The Morgan fingerprint density at radius 2 is 2.24 bits per heavy atom. The molecule has 1 aliphatic heterocycles. The van der Waals surface area contributed by atoms with Crippen LogP contribution in [0.15, 0.2) is 4.42 Å². The molecule has 0 spiro atoms. The first-order valence-electron chi connectivity index (χ1n) is 7.64. The highest BCUT2D eigenvalue weighted by atomic mass is 16.4. The quantitative estimate of drug-likeness (QED) is 0.897. The first-order valence-corrected chi connectivity index (χ1v) is 7.64. The lowest BCUT2D eigenvalue weighted by atomic mass is 10.1. The lowest BCUT2D eigenvalue weighted by Crippen LogP contribution is -2.37. The third-order valence-electron chi connectivity index (χ3n) is 3.74. The number of nitrogens with one attached hydrogen (secondary N) is 1. The summed E-state index contributed by atoms with van der Waals surface area (Å²) in [5.41, 5.74) is 0. The van der Waals surface area contributed by atoms with E-state index in [4.69, 9.17) is 4.42 Å². The Labute approximate surface area is 124 Å². The van der Waals surface area contributed by atoms with Crippen molar-refractivity contribution in [2.24, 2.45) is 0 Å². The molecule has 1 atom stereocenters. The summed E-state index contributed by atoms with van der Waals surface area (Å²) in [6.07, 6.45) is 2.91. The minimum Gasteiger partial charge on any atom is -0.424 e. The molecule has 0 aliphatic carbocycles. The zero-order valence-corrected chi connectivity index (χ0v) is 12.8. The molecule has 0 saturated carbocycles. The van der Waals surface area contributed by atoms with Gasteiger partial charge in [0.15, 0.2) is 5.82 Å². The van der Waals surface area contributed by atoms with Gasteiger partial charge in [-0.25, -0.2) is 9.67 Å². The monoisotopic (exact) mass is 290 g/mol. The van der Waals surface area contributed by atoms with E-state index in [1.807, 2.05) is 18.5 Å². The average Bonchev–Trinajstić information content (AvgIpc) is 3.10. The number of aryl methyl sites for hydroxylation is 2. The third-order valence-corrected chi connectivity index (χ3v) is 3.74. The Morgan fingerprint density at radius 3 is 2.95 bits per heavy atom. The first-order chi connectivity index (χ1) is 10.2. The maximum atomic E-state index is 5.61. The molecule has 2 aromatic rings. The fourth-order valence-electron chi connectivity index (χ4n) is 2.48. The predicted molar refractivity (Wildman–Crippen MR) is 76.7 cm³/mol. The topological polar surface area (TPSA) is 81.7 Å². The molecule has 0 saturated heterocycles. The summed E-state index contributed by atoms with van der Waals surface area (Å²) in [4.78, 5) is 4.53. The van der Waals surface area contributed by atoms with Gasteiger partial charge in [-0.05, 0) is 6.42 Å². The van der Waals surface area contributed by atoms with E-state index < -0.39 is 0 Å². The molecule has 1 aliphatic rings. The van der Waals surface area contributed by atoms with Crippen LogP contribution in [0.3, 0.4) is 0 Å². The van der Waals surface area contributed by atoms with E-state index in [-0.39, 0.29) is 5.92 Å². The fourth-order valence-corrected chi connectivity index (χ4v) is 2.48. The number of fused-ring (bicyclic) bond motifs is 1. The van der Waals surface area contributed by atoms with Gasteiger partial charge in [0, 0.05) is 24.8 Å². The predicted octanol–water partition coefficient (Wildman–Crippen LogP) is 1.45. The van der Waals surface area contributed by atoms with Gasteiger partial charge in [-0.15, -0.1) is 10.2 Å². The standard InChI is InChI=1S/C14H22N6O/c1-4-11-16-12-6-5-10(8-20(12)19-11)15-7-13-17-18-14(21-13)9(2)3/h9-10,15H,4-8H2,1-3H3. The van der Waals surface area contributed by atoms with Crippen LogP contribution in [0.1, 0.15) is 56.5 Å². The highest BCUT2D eigenvalue weighted by molar-refractivity contribution is 4.98. The van der Waals surface area contributed by atoms with E-state index in [0.29, 0.717) is 24.4 Å². The Bertz CT molecular complexity index is 602. The van der Waals surface area contributed by atoms with Crippen LogP contribution in [0.4, 0.5) is 0 Å². The van der Waals surface area contributed by atoms with Gasteiger partial charge in [-0.1, -0.05) is 20.8 Å². The van der Waals surface area contributed by atoms with Gasteiger partial charge in [-0.2, -0.15) is 5.10 Å². The SMILES string of the molecule is CCc1nc2n(n1)CC(NCc1nnc(C(C)C)o1)CC2. The highest BCUT2D eigenvalue weighted by Gasteiger charge is 2.21. The smallest absolute Gasteiger partial charge is 0.230 e. The summed E-state index contributed by atoms with van der Waals surface area (Å²) >= 11 is 0. The summed E-state index contributed by atoms with van der Waals surface area (Å²) in [5.74, 6) is 3.65. The molecule has 0 bridgehead atoms. The van der Waals surface area contributed by atoms with Crippen LogP contribution in [0.25, 0.3) is 0 Å². The van der Waals surface area contributed by atoms with Crippen molar-refractivity contribution in [1.29, 1.82) is 0 Å². The molecule has 3 rings (SSSR count). The Hall–Kier alpha value is -1.76. The lowest BCUT2D eigenvalue weighted by molar-refractivity contribution is 0.335. The molecule has 114 valence electrons. The zero-order chi connectivity index (χ0) is 14.8. The van der Waals surface area contributed by atoms with Gasteiger partial charge in [0.05, 0.1) is 13.1 Å². The maximum absolute atomic E-state index is 5.61. The lowest BCUT2D eigenvalue weighted by Gasteiger charge is -2.22. The van der Waals surface area contributed by atoms with Crippen molar-refractivity contribution in [3.8, 4) is 0 Å². The van der Waals surface area contributed by atoms with Crippen LogP contribution in [-0.2, 0) is 25.9 Å². The molecule has 0 radical (unpaired) electrons. The van der Waals surface area contributed by atoms with Crippen LogP contribution in [0, 0.1) is 0 Å². The van der Waals surface area contributed by atoms with Crippen molar-refractivity contribution in [1.82, 2.24) is 30.3 Å². The summed E-state index contributed by atoms with van der Waals surface area (Å²) in [6.45, 7) is 7.63. The highest BCUT2D eigenvalue weighted by Crippen LogP contribution is 2.15. The Kier molecular flexibility index (Phi) is 4.01. The van der Waals surface area contributed by atoms with Gasteiger partial charge < -0.3 is 9.73 Å². The third kappa shape index (κ3) is 3.12. The van der Waals surface area contributed by atoms with Crippen molar-refractivity contribution < 1.29 is 4.42 Å². The summed E-state index contributed by atoms with van der Waals surface area (Å²) in [5, 5.41) is 16.1. The van der Waals surface area contributed by atoms with Gasteiger partial charge >= 0.3 is 0 Å². The Balaban J connectivity index is 1.56. The minimum absolute atomic E-state index is 0.270. The van der Waals surface area contributed by atoms with E-state index in [2.05, 4.69) is 32.5 Å². The van der Waals surface area contributed by atoms with Crippen molar-refractivity contribution in [2.75, 3.05) is 0 Å². The molecular weight excluding hydrogens is 268 g/mol. The number of aromatic nitrogens is 5. The van der Waals surface area contributed by atoms with Crippen LogP contribution in [0.5, 0.6) is 0 Å². The second-order valence-electron chi connectivity index (χ2n) is 5.79. The van der Waals surface area contributed by atoms with Crippen LogP contribution in [-0.4, -0.2) is 31.0 Å². The average molecular weight is 290 g/mol. The zero-order valence-electron chi connectivity index (χ0n) is 12.8. The van der Waals surface area contributed by atoms with Gasteiger partial charge in [0.1, 0.15) is 5.82 Å². The molecule has 0 amide bonds. The number of rotatable bonds is 5. The van der Waals surface area contributed by atoms with Gasteiger partial charge in [0.2, 0.25) is 11.8 Å². The van der Waals surface area contributed by atoms with E-state index >= 15 is 0 Å². The molecule has 7 heteroatoms. The van der Waals surface area contributed by atoms with Crippen molar-refractivity contribution in [3.05, 3.63) is 23.4 Å². The normalized spacial score (nSPS) is 18.2. The van der Waals surface area contributed by atoms with E-state index in [9.17, 15) is 0 Å². The maximum Gasteiger partial charge on any atom is 0.230 e. The first kappa shape index (κ1) is 14.2. The van der Waals surface area contributed by atoms with Crippen molar-refractivity contribution >= 4 is 0 Å². The summed E-state index contributed by atoms with van der Waals surface area (Å²) < 4.78 is 7.63. The number of hydrogen-bond donors (Lipinski definition) is 1. The fraction of sp³-hybridized carbons (Fsp3) is 0.714. The molecule has 7 nitrogen and oxygen atoms in total.